The molecule has 2 N–H and O–H groups in total. The number of halogens is 1. The first-order chi connectivity index (χ1) is 8.79. The highest BCUT2D eigenvalue weighted by Crippen LogP contribution is 2.68. The van der Waals surface area contributed by atoms with Gasteiger partial charge in [0.05, 0.1) is 0 Å². The van der Waals surface area contributed by atoms with Gasteiger partial charge in [0.15, 0.2) is 0 Å². The Morgan fingerprint density at radius 3 is 2.00 bits per heavy atom. The van der Waals surface area contributed by atoms with Crippen LogP contribution < -0.4 is 10.6 Å². The molecular weight excluding hydrogens is 262 g/mol. The molecule has 0 radical (unpaired) electrons. The molecule has 106 valence electrons. The van der Waals surface area contributed by atoms with Gasteiger partial charge in [0.2, 0.25) is 17.2 Å². The lowest BCUT2D eigenvalue weighted by atomic mass is 10.0. The molecule has 2 rings (SSSR count). The summed E-state index contributed by atoms with van der Waals surface area (Å²) >= 11 is 5.89. The third kappa shape index (κ3) is 2.61. The fourth-order valence-corrected chi connectivity index (χ4v) is 2.86. The summed E-state index contributed by atoms with van der Waals surface area (Å²) in [5.41, 5.74) is 0.697. The van der Waals surface area contributed by atoms with E-state index in [2.05, 4.69) is 53.3 Å². The second kappa shape index (κ2) is 4.78. The quantitative estimate of drug-likeness (QED) is 0.870. The average Bonchev–Trinajstić information content (AvgIpc) is 2.66. The van der Waals surface area contributed by atoms with Crippen molar-refractivity contribution < 1.29 is 0 Å². The largest absolute Gasteiger partial charge is 0.354 e. The Balaban J connectivity index is 2.01. The van der Waals surface area contributed by atoms with Crippen LogP contribution in [0.5, 0.6) is 0 Å². The molecule has 0 aromatic carbocycles. The molecule has 1 aliphatic rings. The number of aromatic nitrogens is 3. The van der Waals surface area contributed by atoms with E-state index in [0.717, 1.165) is 13.1 Å². The molecule has 0 atom stereocenters. The fourth-order valence-electron chi connectivity index (χ4n) is 2.70. The monoisotopic (exact) mass is 283 g/mol. The lowest BCUT2D eigenvalue weighted by Gasteiger charge is -2.08. The van der Waals surface area contributed by atoms with Crippen LogP contribution in [0.4, 0.5) is 11.9 Å². The maximum Gasteiger partial charge on any atom is 0.228 e. The molecule has 1 fully saturated rings. The Bertz CT molecular complexity index is 458. The van der Waals surface area contributed by atoms with Gasteiger partial charge in [-0.3, -0.25) is 0 Å². The van der Waals surface area contributed by atoms with Gasteiger partial charge in [-0.25, -0.2) is 0 Å². The van der Waals surface area contributed by atoms with E-state index in [9.17, 15) is 0 Å². The van der Waals surface area contributed by atoms with Crippen LogP contribution >= 0.6 is 11.6 Å². The summed E-state index contributed by atoms with van der Waals surface area (Å²) in [6.07, 6.45) is 0. The van der Waals surface area contributed by atoms with Crippen molar-refractivity contribution >= 4 is 23.5 Å². The van der Waals surface area contributed by atoms with Gasteiger partial charge in [0.25, 0.3) is 0 Å². The Labute approximate surface area is 119 Å². The lowest BCUT2D eigenvalue weighted by Crippen LogP contribution is -2.13. The molecule has 0 saturated heterocycles. The lowest BCUT2D eigenvalue weighted by molar-refractivity contribution is 0.457. The van der Waals surface area contributed by atoms with Crippen LogP contribution in [0.2, 0.25) is 5.28 Å². The topological polar surface area (TPSA) is 62.7 Å². The Morgan fingerprint density at radius 2 is 1.53 bits per heavy atom. The van der Waals surface area contributed by atoms with Crippen LogP contribution in [0.25, 0.3) is 0 Å². The molecule has 1 aliphatic carbocycles. The van der Waals surface area contributed by atoms with Crippen LogP contribution in [-0.4, -0.2) is 28.0 Å². The molecule has 19 heavy (non-hydrogen) atoms. The molecule has 5 nitrogen and oxygen atoms in total. The molecule has 0 bridgehead atoms. The summed E-state index contributed by atoms with van der Waals surface area (Å²) < 4.78 is 0. The van der Waals surface area contributed by atoms with E-state index in [4.69, 9.17) is 11.6 Å². The Morgan fingerprint density at radius 1 is 1.00 bits per heavy atom. The molecule has 0 spiro atoms. The second-order valence-corrected chi connectivity index (χ2v) is 6.50. The number of nitrogens with zero attached hydrogens (tertiary/aromatic N) is 3. The third-order valence-corrected chi connectivity index (χ3v) is 4.90. The van der Waals surface area contributed by atoms with Crippen molar-refractivity contribution in [1.82, 2.24) is 15.0 Å². The minimum Gasteiger partial charge on any atom is -0.354 e. The summed E-state index contributed by atoms with van der Waals surface area (Å²) in [6, 6.07) is 0. The first-order valence-electron chi connectivity index (χ1n) is 6.68. The van der Waals surface area contributed by atoms with Gasteiger partial charge >= 0.3 is 0 Å². The predicted molar refractivity (Wildman–Crippen MR) is 78.5 cm³/mol. The van der Waals surface area contributed by atoms with E-state index in [1.54, 1.807) is 0 Å². The summed E-state index contributed by atoms with van der Waals surface area (Å²) in [4.78, 5) is 12.4. The number of nitrogens with one attached hydrogen (secondary N) is 2. The Hall–Kier alpha value is -1.10. The van der Waals surface area contributed by atoms with Crippen molar-refractivity contribution in [2.45, 2.75) is 34.6 Å². The van der Waals surface area contributed by atoms with Gasteiger partial charge in [-0.05, 0) is 35.3 Å². The van der Waals surface area contributed by atoms with Crippen molar-refractivity contribution in [1.29, 1.82) is 0 Å². The summed E-state index contributed by atoms with van der Waals surface area (Å²) in [7, 11) is 0. The molecule has 0 aliphatic heterocycles. The summed E-state index contributed by atoms with van der Waals surface area (Å²) in [5, 5.41) is 6.52. The van der Waals surface area contributed by atoms with Gasteiger partial charge in [-0.1, -0.05) is 27.7 Å². The van der Waals surface area contributed by atoms with Gasteiger partial charge in [-0.2, -0.15) is 15.0 Å². The minimum atomic E-state index is 0.211. The molecular formula is C13H22ClN5. The smallest absolute Gasteiger partial charge is 0.228 e. The van der Waals surface area contributed by atoms with Crippen molar-refractivity contribution in [2.75, 3.05) is 23.7 Å². The molecule has 1 aromatic rings. The number of anilines is 2. The SMILES string of the molecule is CCNc1nc(Cl)nc(NCC2C(C)(C)C2(C)C)n1. The highest BCUT2D eigenvalue weighted by molar-refractivity contribution is 6.28. The van der Waals surface area contributed by atoms with Crippen molar-refractivity contribution in [3.63, 3.8) is 0 Å². The highest BCUT2D eigenvalue weighted by atomic mass is 35.5. The highest BCUT2D eigenvalue weighted by Gasteiger charge is 2.64. The van der Waals surface area contributed by atoms with Crippen LogP contribution in [0.3, 0.4) is 0 Å². The molecule has 1 aromatic heterocycles. The maximum atomic E-state index is 5.89. The second-order valence-electron chi connectivity index (χ2n) is 6.16. The standard InChI is InChI=1S/C13H22ClN5/c1-6-15-10-17-9(14)18-11(19-10)16-7-8-12(2,3)13(8,4)5/h8H,6-7H2,1-5H3,(H2,15,16,17,18,19). The predicted octanol–water partition coefficient (Wildman–Crippen LogP) is 3.05. The zero-order chi connectivity index (χ0) is 14.3. The average molecular weight is 284 g/mol. The van der Waals surface area contributed by atoms with Crippen LogP contribution in [0.1, 0.15) is 34.6 Å². The van der Waals surface area contributed by atoms with Crippen molar-refractivity contribution in [3.8, 4) is 0 Å². The van der Waals surface area contributed by atoms with Gasteiger partial charge in [0.1, 0.15) is 0 Å². The van der Waals surface area contributed by atoms with Gasteiger partial charge in [0, 0.05) is 13.1 Å². The van der Waals surface area contributed by atoms with E-state index in [0.29, 0.717) is 28.6 Å². The maximum absolute atomic E-state index is 5.89. The van der Waals surface area contributed by atoms with Crippen molar-refractivity contribution in [3.05, 3.63) is 5.28 Å². The van der Waals surface area contributed by atoms with E-state index < -0.39 is 0 Å². The van der Waals surface area contributed by atoms with E-state index in [-0.39, 0.29) is 5.28 Å². The van der Waals surface area contributed by atoms with Crippen molar-refractivity contribution in [2.24, 2.45) is 16.7 Å². The summed E-state index contributed by atoms with van der Waals surface area (Å²) in [6.45, 7) is 12.8. The molecule has 0 amide bonds. The summed E-state index contributed by atoms with van der Waals surface area (Å²) in [5.74, 6) is 1.66. The zero-order valence-corrected chi connectivity index (χ0v) is 13.0. The number of hydrogen-bond acceptors (Lipinski definition) is 5. The van der Waals surface area contributed by atoms with Crippen LogP contribution in [0, 0.1) is 16.7 Å². The molecule has 6 heteroatoms. The van der Waals surface area contributed by atoms with E-state index in [1.807, 2.05) is 6.92 Å². The zero-order valence-electron chi connectivity index (χ0n) is 12.2. The van der Waals surface area contributed by atoms with Crippen LogP contribution in [0.15, 0.2) is 0 Å². The molecule has 0 unspecified atom stereocenters. The molecule has 1 heterocycles. The number of rotatable bonds is 5. The van der Waals surface area contributed by atoms with Crippen LogP contribution in [-0.2, 0) is 0 Å². The molecule has 1 saturated carbocycles. The van der Waals surface area contributed by atoms with E-state index in [1.165, 1.54) is 0 Å². The minimum absolute atomic E-state index is 0.211. The first kappa shape index (κ1) is 14.3. The fraction of sp³-hybridized carbons (Fsp3) is 0.769. The normalized spacial score (nSPS) is 20.1. The number of hydrogen-bond donors (Lipinski definition) is 2. The van der Waals surface area contributed by atoms with E-state index >= 15 is 0 Å². The van der Waals surface area contributed by atoms with Gasteiger partial charge in [-0.15, -0.1) is 0 Å². The third-order valence-electron chi connectivity index (χ3n) is 4.73. The van der Waals surface area contributed by atoms with Gasteiger partial charge < -0.3 is 10.6 Å². The first-order valence-corrected chi connectivity index (χ1v) is 7.06. The Kier molecular flexibility index (Phi) is 3.60.